The van der Waals surface area contributed by atoms with E-state index in [1.54, 1.807) is 10.6 Å². The molecule has 3 aromatic rings. The number of ether oxygens (including phenoxy) is 3. The van der Waals surface area contributed by atoms with Crippen LogP contribution in [0.3, 0.4) is 0 Å². The predicted molar refractivity (Wildman–Crippen MR) is 206 cm³/mol. The fourth-order valence-electron chi connectivity index (χ4n) is 6.94. The Bertz CT molecular complexity index is 1570. The zero-order valence-electron chi connectivity index (χ0n) is 32.2. The van der Waals surface area contributed by atoms with Gasteiger partial charge in [0.05, 0.1) is 30.6 Å². The normalized spacial score (nSPS) is 17.0. The molecule has 1 aliphatic rings. The summed E-state index contributed by atoms with van der Waals surface area (Å²) < 4.78 is 68.3. The number of nitrogen functional groups attached to an aromatic ring is 1. The molecule has 0 saturated carbocycles. The Balaban J connectivity index is 1.17. The zero-order valence-corrected chi connectivity index (χ0v) is 33.1. The average molecular weight is 794 g/mol. The molecule has 11 nitrogen and oxygen atoms in total. The number of anilines is 1. The van der Waals surface area contributed by atoms with Crippen molar-refractivity contribution in [2.45, 2.75) is 160 Å². The third-order valence-corrected chi connectivity index (χ3v) is 10.7. The van der Waals surface area contributed by atoms with Crippen LogP contribution >= 0.6 is 8.60 Å². The van der Waals surface area contributed by atoms with Gasteiger partial charge >= 0.3 is 15.0 Å². The first kappa shape index (κ1) is 44.5. The van der Waals surface area contributed by atoms with Gasteiger partial charge in [-0.3, -0.25) is 0 Å². The number of hydrogen-bond acceptors (Lipinski definition) is 10. The SMILES string of the molecule is CCCCCCCCCCCCCCCCCCCC(COP(O)OCC1CCC(c2ccc3c(N)ncnn23)O1)Oc1ccc(C#N)c(OC(F)(F)F)c1. The Labute approximate surface area is 325 Å². The Morgan fingerprint density at radius 2 is 1.56 bits per heavy atom. The second-order valence-corrected chi connectivity index (χ2v) is 15.3. The van der Waals surface area contributed by atoms with Crippen molar-refractivity contribution in [1.82, 2.24) is 14.6 Å². The smallest absolute Gasteiger partial charge is 0.488 e. The highest BCUT2D eigenvalue weighted by Crippen LogP contribution is 2.39. The van der Waals surface area contributed by atoms with E-state index < -0.39 is 26.8 Å². The molecule has 0 aliphatic carbocycles. The van der Waals surface area contributed by atoms with E-state index >= 15 is 0 Å². The Hall–Kier alpha value is -3.21. The van der Waals surface area contributed by atoms with Crippen molar-refractivity contribution < 1.29 is 41.3 Å². The molecule has 3 heterocycles. The van der Waals surface area contributed by atoms with Gasteiger partial charge in [0, 0.05) is 6.07 Å². The summed E-state index contributed by atoms with van der Waals surface area (Å²) in [6.07, 6.45) is 18.6. The standard InChI is InChI=1S/C40H59F3N5O6P/c1-2-3-4-5-6-7-8-9-10-11-12-13-14-15-16-17-18-19-33(52-32-21-20-31(27-44)38(26-32)54-40(41,42)43)28-50-55(49)51-29-34-22-25-37(53-34)35-23-24-36-39(45)46-30-47-48(35)36/h20-21,23-24,26,30,33-34,37,49H,2-19,22,25,28-29H2,1H3,(H2,45,46,47). The minimum absolute atomic E-state index is 0.0536. The highest BCUT2D eigenvalue weighted by Gasteiger charge is 2.33. The number of benzene rings is 1. The van der Waals surface area contributed by atoms with Gasteiger partial charge < -0.3 is 33.9 Å². The molecule has 0 spiro atoms. The van der Waals surface area contributed by atoms with Crippen molar-refractivity contribution in [3.05, 3.63) is 47.9 Å². The highest BCUT2D eigenvalue weighted by molar-refractivity contribution is 7.40. The molecular formula is C40H59F3N5O6P. The molecule has 15 heteroatoms. The third-order valence-electron chi connectivity index (χ3n) is 9.92. The molecule has 3 N–H and O–H groups in total. The van der Waals surface area contributed by atoms with Gasteiger partial charge in [-0.25, -0.2) is 9.50 Å². The first-order chi connectivity index (χ1) is 26.7. The number of hydrogen-bond donors (Lipinski definition) is 2. The Morgan fingerprint density at radius 3 is 2.18 bits per heavy atom. The molecular weight excluding hydrogens is 734 g/mol. The lowest BCUT2D eigenvalue weighted by molar-refractivity contribution is -0.274. The van der Waals surface area contributed by atoms with E-state index in [9.17, 15) is 23.3 Å². The van der Waals surface area contributed by atoms with E-state index in [-0.39, 0.29) is 36.7 Å². The highest BCUT2D eigenvalue weighted by atomic mass is 31.2. The van der Waals surface area contributed by atoms with Crippen LogP contribution in [-0.4, -0.2) is 51.3 Å². The van der Waals surface area contributed by atoms with Gasteiger partial charge in [0.1, 0.15) is 35.9 Å². The Morgan fingerprint density at radius 1 is 0.927 bits per heavy atom. The lowest BCUT2D eigenvalue weighted by Gasteiger charge is -2.22. The monoisotopic (exact) mass is 793 g/mol. The van der Waals surface area contributed by atoms with Crippen molar-refractivity contribution in [2.75, 3.05) is 18.9 Å². The van der Waals surface area contributed by atoms with Crippen LogP contribution in [0.1, 0.15) is 153 Å². The molecule has 0 amide bonds. The molecule has 55 heavy (non-hydrogen) atoms. The van der Waals surface area contributed by atoms with Crippen molar-refractivity contribution in [3.8, 4) is 17.6 Å². The molecule has 0 bridgehead atoms. The lowest BCUT2D eigenvalue weighted by atomic mass is 10.0. The molecule has 4 atom stereocenters. The zero-order chi connectivity index (χ0) is 39.3. The average Bonchev–Trinajstić information content (AvgIpc) is 3.82. The van der Waals surface area contributed by atoms with Crippen LogP contribution in [0.5, 0.6) is 11.5 Å². The summed E-state index contributed by atoms with van der Waals surface area (Å²) in [5.41, 5.74) is 7.24. The maximum Gasteiger partial charge on any atom is 0.573 e. The van der Waals surface area contributed by atoms with Gasteiger partial charge in [0.15, 0.2) is 11.6 Å². The summed E-state index contributed by atoms with van der Waals surface area (Å²) in [7, 11) is -2.29. The number of nitrogens with zero attached hydrogens (tertiary/aromatic N) is 4. The van der Waals surface area contributed by atoms with E-state index in [0.717, 1.165) is 43.9 Å². The van der Waals surface area contributed by atoms with Crippen LogP contribution in [0.15, 0.2) is 36.7 Å². The van der Waals surface area contributed by atoms with Gasteiger partial charge in [0.25, 0.3) is 0 Å². The summed E-state index contributed by atoms with van der Waals surface area (Å²) in [5, 5.41) is 13.6. The molecule has 0 radical (unpaired) electrons. The van der Waals surface area contributed by atoms with Crippen LogP contribution in [0, 0.1) is 11.3 Å². The summed E-state index contributed by atoms with van der Waals surface area (Å²) in [4.78, 5) is 14.6. The number of fused-ring (bicyclic) bond motifs is 1. The quantitative estimate of drug-likeness (QED) is 0.0538. The lowest BCUT2D eigenvalue weighted by Crippen LogP contribution is -2.23. The van der Waals surface area contributed by atoms with Crippen molar-refractivity contribution in [2.24, 2.45) is 0 Å². The van der Waals surface area contributed by atoms with Crippen molar-refractivity contribution >= 4 is 19.9 Å². The summed E-state index contributed by atoms with van der Waals surface area (Å²) in [5.74, 6) is -0.169. The summed E-state index contributed by atoms with van der Waals surface area (Å²) >= 11 is 0. The minimum Gasteiger partial charge on any atom is -0.488 e. The fraction of sp³-hybridized carbons (Fsp3) is 0.675. The van der Waals surface area contributed by atoms with E-state index in [4.69, 9.17) is 24.3 Å². The summed E-state index contributed by atoms with van der Waals surface area (Å²) in [6, 6.07) is 9.15. The first-order valence-electron chi connectivity index (χ1n) is 20.1. The van der Waals surface area contributed by atoms with Crippen LogP contribution in [0.25, 0.3) is 5.52 Å². The second-order valence-electron chi connectivity index (χ2n) is 14.4. The van der Waals surface area contributed by atoms with Crippen molar-refractivity contribution in [1.29, 1.82) is 5.26 Å². The number of unbranched alkanes of at least 4 members (excludes halogenated alkanes) is 16. The van der Waals surface area contributed by atoms with Crippen molar-refractivity contribution in [3.63, 3.8) is 0 Å². The molecule has 2 aromatic heterocycles. The molecule has 1 fully saturated rings. The maximum absolute atomic E-state index is 13.0. The third kappa shape index (κ3) is 16.4. The van der Waals surface area contributed by atoms with Crippen LogP contribution in [-0.2, 0) is 13.8 Å². The number of aromatic nitrogens is 3. The van der Waals surface area contributed by atoms with E-state index in [2.05, 4.69) is 21.7 Å². The topological polar surface area (TPSA) is 146 Å². The van der Waals surface area contributed by atoms with E-state index in [1.807, 2.05) is 12.1 Å². The number of rotatable bonds is 28. The number of halogens is 3. The fourth-order valence-corrected chi connectivity index (χ4v) is 7.60. The molecule has 1 aromatic carbocycles. The van der Waals surface area contributed by atoms with Gasteiger partial charge in [-0.15, -0.1) is 13.2 Å². The molecule has 306 valence electrons. The summed E-state index contributed by atoms with van der Waals surface area (Å²) in [6.45, 7) is 2.31. The number of nitriles is 1. The van der Waals surface area contributed by atoms with Gasteiger partial charge in [0.2, 0.25) is 0 Å². The Kier molecular flexibility index (Phi) is 19.8. The van der Waals surface area contributed by atoms with Gasteiger partial charge in [-0.05, 0) is 49.9 Å². The molecule has 4 rings (SSSR count). The van der Waals surface area contributed by atoms with Crippen LogP contribution in [0.4, 0.5) is 19.0 Å². The number of nitrogens with two attached hydrogens (primary N) is 1. The minimum atomic E-state index is -4.97. The first-order valence-corrected chi connectivity index (χ1v) is 21.2. The molecule has 1 aliphatic heterocycles. The van der Waals surface area contributed by atoms with E-state index in [0.29, 0.717) is 24.2 Å². The van der Waals surface area contributed by atoms with Gasteiger partial charge in [-0.1, -0.05) is 110 Å². The molecule has 4 unspecified atom stereocenters. The predicted octanol–water partition coefficient (Wildman–Crippen LogP) is 11.0. The number of alkyl halides is 3. The van der Waals surface area contributed by atoms with Crippen LogP contribution in [0.2, 0.25) is 0 Å². The van der Waals surface area contributed by atoms with Crippen LogP contribution < -0.4 is 15.2 Å². The molecule has 1 saturated heterocycles. The van der Waals surface area contributed by atoms with Gasteiger partial charge in [-0.2, -0.15) is 10.4 Å². The largest absolute Gasteiger partial charge is 0.573 e. The maximum atomic E-state index is 13.0. The van der Waals surface area contributed by atoms with E-state index in [1.165, 1.54) is 102 Å². The second kappa shape index (κ2) is 24.4.